The summed E-state index contributed by atoms with van der Waals surface area (Å²) in [5, 5.41) is 34.3. The number of phenolic OH excluding ortho intramolecular Hbond substituents is 1. The first kappa shape index (κ1) is 24.0. The smallest absolute Gasteiger partial charge is 0.128 e. The van der Waals surface area contributed by atoms with Crippen molar-refractivity contribution in [1.82, 2.24) is 4.31 Å². The molecule has 2 aromatic carbocycles. The molecule has 0 amide bonds. The lowest BCUT2D eigenvalue weighted by Crippen LogP contribution is -2.24. The molecule has 1 aliphatic rings. The van der Waals surface area contributed by atoms with Crippen molar-refractivity contribution in [2.75, 3.05) is 26.8 Å². The summed E-state index contributed by atoms with van der Waals surface area (Å²) in [5.41, 5.74) is 0.0979. The van der Waals surface area contributed by atoms with Crippen LogP contribution in [0.3, 0.4) is 0 Å². The highest BCUT2D eigenvalue weighted by Gasteiger charge is 2.27. The molecule has 0 aliphatic carbocycles. The molecule has 9 heteroatoms. The Morgan fingerprint density at radius 1 is 1.29 bits per heavy atom. The average Bonchev–Trinajstić information content (AvgIpc) is 3.21. The molecule has 1 aliphatic heterocycles. The Morgan fingerprint density at radius 2 is 1.93 bits per heavy atom. The lowest BCUT2D eigenvalue weighted by Gasteiger charge is -2.15. The SMILES string of the molecule is CO.N#Cc1cc(F)ccc1S(=O)N1CCC(CO)C1.Oc1ccc(Cl)cc1. The maximum atomic E-state index is 13.0. The van der Waals surface area contributed by atoms with Crippen LogP contribution < -0.4 is 0 Å². The second-order valence-corrected chi connectivity index (χ2v) is 7.59. The third kappa shape index (κ3) is 7.19. The maximum absolute atomic E-state index is 13.0. The van der Waals surface area contributed by atoms with Crippen molar-refractivity contribution in [3.8, 4) is 11.8 Å². The lowest BCUT2D eigenvalue weighted by molar-refractivity contribution is 0.233. The monoisotopic (exact) mass is 428 g/mol. The Bertz CT molecular complexity index is 794. The number of hydrogen-bond acceptors (Lipinski definition) is 5. The Hall–Kier alpha value is -2.02. The van der Waals surface area contributed by atoms with Gasteiger partial charge in [0.15, 0.2) is 0 Å². The van der Waals surface area contributed by atoms with E-state index in [1.807, 2.05) is 6.07 Å². The van der Waals surface area contributed by atoms with E-state index in [-0.39, 0.29) is 23.8 Å². The predicted octanol–water partition coefficient (Wildman–Crippen LogP) is 2.69. The number of rotatable bonds is 3. The van der Waals surface area contributed by atoms with Gasteiger partial charge in [-0.25, -0.2) is 12.9 Å². The van der Waals surface area contributed by atoms with E-state index >= 15 is 0 Å². The Labute approximate surface area is 171 Å². The molecule has 1 fully saturated rings. The van der Waals surface area contributed by atoms with Gasteiger partial charge in [-0.2, -0.15) is 5.26 Å². The van der Waals surface area contributed by atoms with Gasteiger partial charge in [0.1, 0.15) is 28.6 Å². The summed E-state index contributed by atoms with van der Waals surface area (Å²) in [6.07, 6.45) is 0.783. The second-order valence-electron chi connectivity index (χ2n) is 5.70. The molecule has 0 saturated carbocycles. The number of halogens is 2. The molecular formula is C19H22ClFN2O4S. The predicted molar refractivity (Wildman–Crippen MR) is 106 cm³/mol. The number of aromatic hydroxyl groups is 1. The summed E-state index contributed by atoms with van der Waals surface area (Å²) in [5.74, 6) is -0.142. The van der Waals surface area contributed by atoms with Crippen molar-refractivity contribution in [3.05, 3.63) is 58.9 Å². The highest BCUT2D eigenvalue weighted by atomic mass is 35.5. The van der Waals surface area contributed by atoms with Crippen LogP contribution in [0.2, 0.25) is 5.02 Å². The lowest BCUT2D eigenvalue weighted by atomic mass is 10.1. The average molecular weight is 429 g/mol. The first-order valence-electron chi connectivity index (χ1n) is 8.31. The highest BCUT2D eigenvalue weighted by molar-refractivity contribution is 7.82. The zero-order chi connectivity index (χ0) is 21.1. The van der Waals surface area contributed by atoms with Gasteiger partial charge < -0.3 is 15.3 Å². The summed E-state index contributed by atoms with van der Waals surface area (Å²) < 4.78 is 27.0. The van der Waals surface area contributed by atoms with Gasteiger partial charge in [0.2, 0.25) is 0 Å². The van der Waals surface area contributed by atoms with Gasteiger partial charge in [-0.05, 0) is 54.8 Å². The fourth-order valence-corrected chi connectivity index (χ4v) is 3.92. The second kappa shape index (κ2) is 12.4. The van der Waals surface area contributed by atoms with Crippen molar-refractivity contribution >= 4 is 22.6 Å². The largest absolute Gasteiger partial charge is 0.508 e. The minimum absolute atomic E-state index is 0.0717. The van der Waals surface area contributed by atoms with Crippen LogP contribution in [0.5, 0.6) is 5.75 Å². The van der Waals surface area contributed by atoms with Gasteiger partial charge in [0.25, 0.3) is 0 Å². The van der Waals surface area contributed by atoms with Crippen LogP contribution in [0.1, 0.15) is 12.0 Å². The minimum Gasteiger partial charge on any atom is -0.508 e. The summed E-state index contributed by atoms with van der Waals surface area (Å²) in [4.78, 5) is 0.331. The summed E-state index contributed by atoms with van der Waals surface area (Å²) in [6.45, 7) is 1.22. The number of hydrogen-bond donors (Lipinski definition) is 3. The molecular weight excluding hydrogens is 407 g/mol. The van der Waals surface area contributed by atoms with Crippen LogP contribution in [-0.2, 0) is 11.0 Å². The zero-order valence-corrected chi connectivity index (χ0v) is 16.8. The van der Waals surface area contributed by atoms with E-state index in [1.54, 1.807) is 28.6 Å². The van der Waals surface area contributed by atoms with Crippen molar-refractivity contribution in [2.45, 2.75) is 11.3 Å². The maximum Gasteiger partial charge on any atom is 0.128 e. The Kier molecular flexibility index (Phi) is 10.7. The fraction of sp³-hybridized carbons (Fsp3) is 0.316. The number of benzene rings is 2. The van der Waals surface area contributed by atoms with E-state index in [2.05, 4.69) is 0 Å². The van der Waals surface area contributed by atoms with Gasteiger partial charge in [-0.3, -0.25) is 0 Å². The van der Waals surface area contributed by atoms with Gasteiger partial charge in [-0.1, -0.05) is 11.6 Å². The molecule has 2 aromatic rings. The molecule has 2 unspecified atom stereocenters. The molecule has 0 aromatic heterocycles. The Morgan fingerprint density at radius 3 is 2.43 bits per heavy atom. The first-order valence-corrected chi connectivity index (χ1v) is 9.79. The van der Waals surface area contributed by atoms with E-state index in [1.165, 1.54) is 12.1 Å². The number of aliphatic hydroxyl groups excluding tert-OH is 2. The molecule has 2 atom stereocenters. The molecule has 1 saturated heterocycles. The minimum atomic E-state index is -1.47. The molecule has 6 nitrogen and oxygen atoms in total. The number of nitrogens with zero attached hydrogens (tertiary/aromatic N) is 2. The topological polar surface area (TPSA) is 105 Å². The third-order valence-corrected chi connectivity index (χ3v) is 5.60. The van der Waals surface area contributed by atoms with Gasteiger partial charge in [-0.15, -0.1) is 0 Å². The highest BCUT2D eigenvalue weighted by Crippen LogP contribution is 2.23. The number of phenols is 1. The third-order valence-electron chi connectivity index (χ3n) is 3.82. The molecule has 1 heterocycles. The Balaban J connectivity index is 0.000000327. The van der Waals surface area contributed by atoms with Gasteiger partial charge in [0.05, 0.1) is 10.5 Å². The van der Waals surface area contributed by atoms with Crippen LogP contribution in [-0.4, -0.2) is 50.6 Å². The molecule has 0 radical (unpaired) electrons. The van der Waals surface area contributed by atoms with Crippen LogP contribution in [0, 0.1) is 23.1 Å². The molecule has 3 rings (SSSR count). The van der Waals surface area contributed by atoms with Crippen molar-refractivity contribution < 1.29 is 23.9 Å². The fourth-order valence-electron chi connectivity index (χ4n) is 2.42. The van der Waals surface area contributed by atoms with Crippen LogP contribution in [0.25, 0.3) is 0 Å². The van der Waals surface area contributed by atoms with Crippen LogP contribution in [0.4, 0.5) is 4.39 Å². The van der Waals surface area contributed by atoms with Crippen molar-refractivity contribution in [2.24, 2.45) is 5.92 Å². The van der Waals surface area contributed by atoms with Crippen LogP contribution in [0.15, 0.2) is 47.4 Å². The summed E-state index contributed by atoms with van der Waals surface area (Å²) in [7, 11) is -0.468. The first-order chi connectivity index (χ1) is 13.4. The molecule has 152 valence electrons. The van der Waals surface area contributed by atoms with Crippen molar-refractivity contribution in [1.29, 1.82) is 5.26 Å². The normalized spacial score (nSPS) is 16.8. The summed E-state index contributed by atoms with van der Waals surface area (Å²) in [6, 6.07) is 11.9. The van der Waals surface area contributed by atoms with E-state index in [4.69, 9.17) is 32.2 Å². The van der Waals surface area contributed by atoms with Gasteiger partial charge in [0, 0.05) is 31.8 Å². The zero-order valence-electron chi connectivity index (χ0n) is 15.3. The van der Waals surface area contributed by atoms with E-state index in [9.17, 15) is 8.60 Å². The van der Waals surface area contributed by atoms with Crippen molar-refractivity contribution in [3.63, 3.8) is 0 Å². The number of nitriles is 1. The van der Waals surface area contributed by atoms with Gasteiger partial charge >= 0.3 is 0 Å². The van der Waals surface area contributed by atoms with E-state index in [0.717, 1.165) is 19.6 Å². The van der Waals surface area contributed by atoms with Crippen LogP contribution >= 0.6 is 11.6 Å². The standard InChI is InChI=1S/C12H13FN2O2S.C6H5ClO.CH4O/c13-11-1-2-12(10(5-11)6-14)18(17)15-4-3-9(7-15)8-16;7-5-1-3-6(8)4-2-5;1-2/h1-2,5,9,16H,3-4,7-8H2;1-4,8H;2H,1H3. The molecule has 0 bridgehead atoms. The van der Waals surface area contributed by atoms with E-state index < -0.39 is 16.8 Å². The molecule has 3 N–H and O–H groups in total. The molecule has 28 heavy (non-hydrogen) atoms. The van der Waals surface area contributed by atoms with E-state index in [0.29, 0.717) is 23.0 Å². The molecule has 0 spiro atoms. The number of aliphatic hydroxyl groups is 2. The summed E-state index contributed by atoms with van der Waals surface area (Å²) >= 11 is 5.50. The quantitative estimate of drug-likeness (QED) is 0.697.